The zero-order valence-corrected chi connectivity index (χ0v) is 19.7. The number of fused-ring (bicyclic) bond motifs is 2. The van der Waals surface area contributed by atoms with Gasteiger partial charge in [0.25, 0.3) is 5.91 Å². The second kappa shape index (κ2) is 10.5. The standard InChI is InChI=1S/C23H29N3O6S/c1-3-26-12-16(21(27)15-9-19-20(10-18(15)26)32-13-31-19)22(28)25-17(6-8-33-2)23(29)24-11-14-5-4-7-30-14/h9-10,12,14,17H,3-8,11,13H2,1-2H3,(H,24,29)(H,25,28). The largest absolute Gasteiger partial charge is 0.454 e. The molecule has 1 fully saturated rings. The highest BCUT2D eigenvalue weighted by Gasteiger charge is 2.26. The van der Waals surface area contributed by atoms with E-state index < -0.39 is 17.4 Å². The Morgan fingerprint density at radius 1 is 1.27 bits per heavy atom. The van der Waals surface area contributed by atoms with Crippen LogP contribution in [0.5, 0.6) is 11.5 Å². The van der Waals surface area contributed by atoms with Gasteiger partial charge in [-0.15, -0.1) is 0 Å². The average molecular weight is 476 g/mol. The number of hydrogen-bond donors (Lipinski definition) is 2. The van der Waals surface area contributed by atoms with Crippen LogP contribution in [-0.4, -0.2) is 60.5 Å². The molecule has 33 heavy (non-hydrogen) atoms. The summed E-state index contributed by atoms with van der Waals surface area (Å²) >= 11 is 1.59. The van der Waals surface area contributed by atoms with Gasteiger partial charge in [-0.3, -0.25) is 14.4 Å². The summed E-state index contributed by atoms with van der Waals surface area (Å²) in [6.45, 7) is 3.69. The summed E-state index contributed by atoms with van der Waals surface area (Å²) in [5.74, 6) is 0.902. The molecule has 2 unspecified atom stereocenters. The molecule has 0 bridgehead atoms. The van der Waals surface area contributed by atoms with Crippen molar-refractivity contribution in [2.45, 2.75) is 44.9 Å². The van der Waals surface area contributed by atoms with Crippen molar-refractivity contribution in [1.29, 1.82) is 0 Å². The summed E-state index contributed by atoms with van der Waals surface area (Å²) in [5.41, 5.74) is 0.245. The number of thioether (sulfide) groups is 1. The van der Waals surface area contributed by atoms with Crippen LogP contribution in [0.3, 0.4) is 0 Å². The normalized spacial score (nSPS) is 17.8. The molecular weight excluding hydrogens is 446 g/mol. The quantitative estimate of drug-likeness (QED) is 0.570. The van der Waals surface area contributed by atoms with Crippen LogP contribution < -0.4 is 25.5 Å². The number of carbonyl (C=O) groups is 2. The number of rotatable bonds is 9. The van der Waals surface area contributed by atoms with Gasteiger partial charge in [-0.25, -0.2) is 0 Å². The maximum absolute atomic E-state index is 13.2. The third-order valence-corrected chi connectivity index (χ3v) is 6.56. The van der Waals surface area contributed by atoms with Gasteiger partial charge in [-0.2, -0.15) is 11.8 Å². The van der Waals surface area contributed by atoms with E-state index in [-0.39, 0.29) is 24.4 Å². The monoisotopic (exact) mass is 475 g/mol. The summed E-state index contributed by atoms with van der Waals surface area (Å²) in [4.78, 5) is 39.2. The maximum Gasteiger partial charge on any atom is 0.257 e. The van der Waals surface area contributed by atoms with Gasteiger partial charge in [-0.05, 0) is 44.3 Å². The van der Waals surface area contributed by atoms with Gasteiger partial charge in [0.1, 0.15) is 11.6 Å². The molecule has 2 aliphatic heterocycles. The van der Waals surface area contributed by atoms with E-state index in [0.717, 1.165) is 12.8 Å². The van der Waals surface area contributed by atoms with Crippen LogP contribution in [0.25, 0.3) is 10.9 Å². The highest BCUT2D eigenvalue weighted by Crippen LogP contribution is 2.35. The summed E-state index contributed by atoms with van der Waals surface area (Å²) in [7, 11) is 0. The maximum atomic E-state index is 13.2. The van der Waals surface area contributed by atoms with E-state index in [4.69, 9.17) is 14.2 Å². The van der Waals surface area contributed by atoms with Crippen molar-refractivity contribution < 1.29 is 23.8 Å². The zero-order valence-electron chi connectivity index (χ0n) is 18.8. The first kappa shape index (κ1) is 23.4. The van der Waals surface area contributed by atoms with Crippen molar-refractivity contribution in [3.8, 4) is 11.5 Å². The van der Waals surface area contributed by atoms with Crippen molar-refractivity contribution in [3.63, 3.8) is 0 Å². The van der Waals surface area contributed by atoms with Crippen LogP contribution in [0.4, 0.5) is 0 Å². The lowest BCUT2D eigenvalue weighted by atomic mass is 10.1. The Balaban J connectivity index is 1.57. The molecule has 2 aromatic rings. The van der Waals surface area contributed by atoms with Crippen LogP contribution in [0.15, 0.2) is 23.1 Å². The Hall–Kier alpha value is -2.72. The van der Waals surface area contributed by atoms with Crippen LogP contribution in [0, 0.1) is 0 Å². The molecule has 2 amide bonds. The van der Waals surface area contributed by atoms with Gasteiger partial charge in [0.15, 0.2) is 11.5 Å². The van der Waals surface area contributed by atoms with Gasteiger partial charge in [-0.1, -0.05) is 0 Å². The highest BCUT2D eigenvalue weighted by atomic mass is 32.2. The summed E-state index contributed by atoms with van der Waals surface area (Å²) in [6.07, 6.45) is 5.84. The predicted molar refractivity (Wildman–Crippen MR) is 126 cm³/mol. The first-order valence-electron chi connectivity index (χ1n) is 11.2. The van der Waals surface area contributed by atoms with Crippen LogP contribution in [0.1, 0.15) is 36.5 Å². The van der Waals surface area contributed by atoms with E-state index >= 15 is 0 Å². The number of pyridine rings is 1. The molecule has 0 radical (unpaired) electrons. The molecule has 2 N–H and O–H groups in total. The Morgan fingerprint density at radius 2 is 2.06 bits per heavy atom. The lowest BCUT2D eigenvalue weighted by molar-refractivity contribution is -0.123. The first-order valence-corrected chi connectivity index (χ1v) is 12.6. The molecule has 10 heteroatoms. The molecule has 2 atom stereocenters. The second-order valence-corrected chi connectivity index (χ2v) is 9.05. The van der Waals surface area contributed by atoms with Gasteiger partial charge >= 0.3 is 0 Å². The van der Waals surface area contributed by atoms with Crippen molar-refractivity contribution in [2.75, 3.05) is 32.0 Å². The minimum Gasteiger partial charge on any atom is -0.454 e. The molecule has 2 aliphatic rings. The number of amides is 2. The third-order valence-electron chi connectivity index (χ3n) is 5.92. The Bertz CT molecular complexity index is 1100. The Morgan fingerprint density at radius 3 is 2.76 bits per heavy atom. The molecule has 1 aromatic heterocycles. The van der Waals surface area contributed by atoms with Crippen LogP contribution >= 0.6 is 11.8 Å². The third kappa shape index (κ3) is 5.11. The van der Waals surface area contributed by atoms with Crippen LogP contribution in [0.2, 0.25) is 0 Å². The Labute approximate surface area is 196 Å². The molecular formula is C23H29N3O6S. The van der Waals surface area contributed by atoms with E-state index in [1.807, 2.05) is 17.7 Å². The van der Waals surface area contributed by atoms with Crippen molar-refractivity contribution in [1.82, 2.24) is 15.2 Å². The fraction of sp³-hybridized carbons (Fsp3) is 0.522. The molecule has 0 saturated carbocycles. The molecule has 0 spiro atoms. The molecule has 9 nitrogen and oxygen atoms in total. The zero-order chi connectivity index (χ0) is 23.4. The number of nitrogens with one attached hydrogen (secondary N) is 2. The molecule has 4 rings (SSSR count). The number of aryl methyl sites for hydroxylation is 1. The van der Waals surface area contributed by atoms with Gasteiger partial charge in [0.05, 0.1) is 17.0 Å². The van der Waals surface area contributed by atoms with Crippen molar-refractivity contribution in [3.05, 3.63) is 34.1 Å². The SMILES string of the molecule is CCn1cc(C(=O)NC(CCSC)C(=O)NCC2CCCO2)c(=O)c2cc3c(cc21)OCO3. The number of nitrogens with zero attached hydrogens (tertiary/aromatic N) is 1. The summed E-state index contributed by atoms with van der Waals surface area (Å²) in [5, 5.41) is 6.03. The summed E-state index contributed by atoms with van der Waals surface area (Å²) < 4.78 is 18.2. The fourth-order valence-electron chi connectivity index (χ4n) is 4.09. The van der Waals surface area contributed by atoms with Crippen molar-refractivity contribution >= 4 is 34.5 Å². The Kier molecular flexibility index (Phi) is 7.44. The van der Waals surface area contributed by atoms with Gasteiger partial charge in [0, 0.05) is 32.0 Å². The molecule has 178 valence electrons. The van der Waals surface area contributed by atoms with E-state index in [1.165, 1.54) is 6.20 Å². The average Bonchev–Trinajstić information content (AvgIpc) is 3.51. The topological polar surface area (TPSA) is 108 Å². The molecule has 0 aliphatic carbocycles. The number of benzene rings is 1. The molecule has 1 aromatic carbocycles. The lowest BCUT2D eigenvalue weighted by Crippen LogP contribution is -2.49. The number of carbonyl (C=O) groups excluding carboxylic acids is 2. The molecule has 3 heterocycles. The second-order valence-electron chi connectivity index (χ2n) is 8.07. The van der Waals surface area contributed by atoms with E-state index in [9.17, 15) is 14.4 Å². The van der Waals surface area contributed by atoms with Gasteiger partial charge < -0.3 is 29.4 Å². The first-order chi connectivity index (χ1) is 16.0. The van der Waals surface area contributed by atoms with E-state index in [0.29, 0.717) is 54.3 Å². The smallest absolute Gasteiger partial charge is 0.257 e. The van der Waals surface area contributed by atoms with E-state index in [1.54, 1.807) is 23.9 Å². The minimum atomic E-state index is -0.742. The number of aromatic nitrogens is 1. The fourth-order valence-corrected chi connectivity index (χ4v) is 4.56. The van der Waals surface area contributed by atoms with Crippen LogP contribution in [-0.2, 0) is 16.1 Å². The molecule has 1 saturated heterocycles. The number of hydrogen-bond acceptors (Lipinski definition) is 7. The summed E-state index contributed by atoms with van der Waals surface area (Å²) in [6, 6.07) is 2.63. The van der Waals surface area contributed by atoms with Gasteiger partial charge in [0.2, 0.25) is 18.1 Å². The van der Waals surface area contributed by atoms with Crippen molar-refractivity contribution in [2.24, 2.45) is 0 Å². The number of ether oxygens (including phenoxy) is 3. The predicted octanol–water partition coefficient (Wildman–Crippen LogP) is 1.90. The minimum absolute atomic E-state index is 0.00991. The highest BCUT2D eigenvalue weighted by molar-refractivity contribution is 7.98. The lowest BCUT2D eigenvalue weighted by Gasteiger charge is -2.20. The van der Waals surface area contributed by atoms with E-state index in [2.05, 4.69) is 10.6 Å².